The smallest absolute Gasteiger partial charge is 0.326 e. The second kappa shape index (κ2) is 25.0. The minimum Gasteiger partial charge on any atom is -0.481 e. The van der Waals surface area contributed by atoms with Gasteiger partial charge in [-0.05, 0) is 38.5 Å². The second-order valence-electron chi connectivity index (χ2n) is 13.6. The number of aliphatic carboxylic acids is 3. The number of carboxylic acid groups (broad SMARTS) is 3. The third kappa shape index (κ3) is 19.0. The Morgan fingerprint density at radius 1 is 0.724 bits per heavy atom. The predicted octanol–water partition coefficient (Wildman–Crippen LogP) is -5.28. The number of nitrogens with one attached hydrogen (secondary N) is 7. The Hall–Kier alpha value is -6.37. The van der Waals surface area contributed by atoms with E-state index in [1.54, 1.807) is 13.8 Å². The molecule has 6 amide bonds. The average Bonchev–Trinajstić information content (AvgIpc) is 3.65. The number of rotatable bonds is 27. The number of nitrogens with zero attached hydrogens (tertiary/aromatic N) is 2. The third-order valence-electron chi connectivity index (χ3n) is 8.10. The maximum Gasteiger partial charge on any atom is 0.326 e. The number of H-pyrrole nitrogens is 1. The number of hydrogen-bond donors (Lipinski definition) is 14. The lowest BCUT2D eigenvalue weighted by molar-refractivity contribution is -0.143. The Balaban J connectivity index is 3.20. The fourth-order valence-electron chi connectivity index (χ4n) is 5.05. The highest BCUT2D eigenvalue weighted by Gasteiger charge is 2.34. The van der Waals surface area contributed by atoms with Crippen molar-refractivity contribution in [3.63, 3.8) is 0 Å². The Morgan fingerprint density at radius 3 is 1.81 bits per heavy atom. The van der Waals surface area contributed by atoms with Gasteiger partial charge in [-0.2, -0.15) is 0 Å². The highest BCUT2D eigenvalue weighted by molar-refractivity contribution is 5.98. The number of aliphatic imine (C=N–C) groups is 1. The van der Waals surface area contributed by atoms with Crippen LogP contribution in [0, 0.1) is 5.92 Å². The summed E-state index contributed by atoms with van der Waals surface area (Å²) >= 11 is 0. The van der Waals surface area contributed by atoms with Gasteiger partial charge in [-0.15, -0.1) is 0 Å². The van der Waals surface area contributed by atoms with Crippen LogP contribution < -0.4 is 49.1 Å². The van der Waals surface area contributed by atoms with Crippen molar-refractivity contribution < 1.29 is 63.6 Å². The molecule has 0 spiro atoms. The summed E-state index contributed by atoms with van der Waals surface area (Å²) < 4.78 is 0. The Labute approximate surface area is 332 Å². The molecule has 0 saturated heterocycles. The number of nitrogens with two attached hydrogens (primary N) is 3. The molecule has 0 bridgehead atoms. The molecule has 25 nitrogen and oxygen atoms in total. The number of carboxylic acids is 3. The number of aromatic amines is 1. The minimum atomic E-state index is -1.86. The predicted molar refractivity (Wildman–Crippen MR) is 201 cm³/mol. The summed E-state index contributed by atoms with van der Waals surface area (Å²) in [6.45, 7) is 3.85. The number of aliphatic hydroxyl groups excluding tert-OH is 1. The van der Waals surface area contributed by atoms with Gasteiger partial charge < -0.3 is 74.5 Å². The summed E-state index contributed by atoms with van der Waals surface area (Å²) in [4.78, 5) is 124. The molecule has 324 valence electrons. The van der Waals surface area contributed by atoms with Gasteiger partial charge in [0, 0.05) is 31.3 Å². The Bertz CT molecular complexity index is 1620. The summed E-state index contributed by atoms with van der Waals surface area (Å²) in [5.41, 5.74) is 16.7. The van der Waals surface area contributed by atoms with Gasteiger partial charge in [-0.25, -0.2) is 9.78 Å². The average molecular weight is 827 g/mol. The lowest BCUT2D eigenvalue weighted by Gasteiger charge is -2.27. The van der Waals surface area contributed by atoms with Gasteiger partial charge in [-0.3, -0.25) is 43.3 Å². The molecule has 1 aromatic heterocycles. The largest absolute Gasteiger partial charge is 0.481 e. The molecule has 0 radical (unpaired) electrons. The molecule has 1 heterocycles. The first-order chi connectivity index (χ1) is 27.1. The number of carbonyl (C=O) groups is 9. The van der Waals surface area contributed by atoms with Crippen molar-refractivity contribution in [2.24, 2.45) is 28.1 Å². The second-order valence-corrected chi connectivity index (χ2v) is 13.6. The summed E-state index contributed by atoms with van der Waals surface area (Å²) in [6.07, 6.45) is 0.694. The molecular weight excluding hydrogens is 772 g/mol. The van der Waals surface area contributed by atoms with Crippen LogP contribution in [-0.2, 0) is 49.6 Å². The number of imidazole rings is 1. The summed E-state index contributed by atoms with van der Waals surface area (Å²) in [5.74, 6) is -10.7. The molecule has 25 heteroatoms. The highest BCUT2D eigenvalue weighted by Crippen LogP contribution is 2.09. The van der Waals surface area contributed by atoms with Crippen LogP contribution in [0.1, 0.15) is 65.0 Å². The molecule has 1 aromatic rings. The molecule has 0 aromatic carbocycles. The lowest BCUT2D eigenvalue weighted by atomic mass is 10.0. The zero-order valence-corrected chi connectivity index (χ0v) is 32.2. The Morgan fingerprint density at radius 2 is 1.28 bits per heavy atom. The van der Waals surface area contributed by atoms with Crippen molar-refractivity contribution in [2.75, 3.05) is 13.2 Å². The van der Waals surface area contributed by atoms with E-state index in [1.807, 2.05) is 0 Å². The van der Waals surface area contributed by atoms with Crippen molar-refractivity contribution in [1.29, 1.82) is 0 Å². The molecule has 0 unspecified atom stereocenters. The molecule has 0 fully saturated rings. The van der Waals surface area contributed by atoms with E-state index in [9.17, 15) is 58.5 Å². The van der Waals surface area contributed by atoms with Crippen LogP contribution in [-0.4, -0.2) is 145 Å². The van der Waals surface area contributed by atoms with Crippen molar-refractivity contribution in [3.05, 3.63) is 18.2 Å². The van der Waals surface area contributed by atoms with Crippen molar-refractivity contribution >= 4 is 59.3 Å². The molecule has 7 atom stereocenters. The van der Waals surface area contributed by atoms with Gasteiger partial charge in [0.2, 0.25) is 35.4 Å². The van der Waals surface area contributed by atoms with Crippen LogP contribution in [0.25, 0.3) is 0 Å². The van der Waals surface area contributed by atoms with Crippen LogP contribution >= 0.6 is 0 Å². The van der Waals surface area contributed by atoms with Crippen molar-refractivity contribution in [3.8, 4) is 0 Å². The van der Waals surface area contributed by atoms with E-state index in [2.05, 4.69) is 46.9 Å². The van der Waals surface area contributed by atoms with Crippen LogP contribution in [0.2, 0.25) is 0 Å². The van der Waals surface area contributed by atoms with E-state index in [4.69, 9.17) is 22.3 Å². The lowest BCUT2D eigenvalue weighted by Crippen LogP contribution is -2.60. The van der Waals surface area contributed by atoms with Crippen molar-refractivity contribution in [2.45, 2.75) is 108 Å². The SMILES string of the molecule is CC(C)C[C@H](NC(=O)[C@H](Cc1cnc[nH]1)NC(=O)[C@H](CC(=O)O)NC(=O)[C@H](CO)NC(=O)[C@@H](N)CCCN=C(N)N)C(=O)N[C@@H](C)C(=O)N[C@@H](CCC(=O)O)C(=O)O. The maximum atomic E-state index is 13.8. The molecule has 0 aliphatic carbocycles. The van der Waals surface area contributed by atoms with E-state index < -0.39 is 122 Å². The van der Waals surface area contributed by atoms with E-state index in [1.165, 1.54) is 19.4 Å². The first-order valence-electron chi connectivity index (χ1n) is 18.0. The zero-order valence-electron chi connectivity index (χ0n) is 32.2. The molecule has 58 heavy (non-hydrogen) atoms. The summed E-state index contributed by atoms with van der Waals surface area (Å²) in [5, 5.41) is 51.4. The van der Waals surface area contributed by atoms with Crippen LogP contribution in [0.4, 0.5) is 0 Å². The van der Waals surface area contributed by atoms with E-state index in [-0.39, 0.29) is 37.7 Å². The Kier molecular flexibility index (Phi) is 21.4. The van der Waals surface area contributed by atoms with E-state index in [0.29, 0.717) is 12.1 Å². The fourth-order valence-corrected chi connectivity index (χ4v) is 5.05. The topological polar surface area (TPSA) is 426 Å². The first kappa shape index (κ1) is 49.6. The number of carbonyl (C=O) groups excluding carboxylic acids is 6. The van der Waals surface area contributed by atoms with E-state index in [0.717, 1.165) is 0 Å². The number of aromatic nitrogens is 2. The van der Waals surface area contributed by atoms with Crippen LogP contribution in [0.5, 0.6) is 0 Å². The molecule has 0 saturated carbocycles. The van der Waals surface area contributed by atoms with Gasteiger partial charge in [0.1, 0.15) is 36.3 Å². The third-order valence-corrected chi connectivity index (χ3v) is 8.10. The molecule has 0 aliphatic rings. The van der Waals surface area contributed by atoms with Gasteiger partial charge in [0.15, 0.2) is 5.96 Å². The number of amides is 6. The normalized spacial score (nSPS) is 14.5. The minimum absolute atomic E-state index is 0.00110. The monoisotopic (exact) mass is 826 g/mol. The van der Waals surface area contributed by atoms with Gasteiger partial charge in [-0.1, -0.05) is 13.8 Å². The number of hydrogen-bond acceptors (Lipinski definition) is 13. The van der Waals surface area contributed by atoms with Gasteiger partial charge >= 0.3 is 17.9 Å². The molecule has 0 aliphatic heterocycles. The molecular formula is C33H54N12O13. The van der Waals surface area contributed by atoms with Crippen molar-refractivity contribution in [1.82, 2.24) is 41.9 Å². The quantitative estimate of drug-likeness (QED) is 0.0224. The summed E-state index contributed by atoms with van der Waals surface area (Å²) in [7, 11) is 0. The van der Waals surface area contributed by atoms with Crippen LogP contribution in [0.15, 0.2) is 17.5 Å². The van der Waals surface area contributed by atoms with Gasteiger partial charge in [0.25, 0.3) is 0 Å². The van der Waals surface area contributed by atoms with Gasteiger partial charge in [0.05, 0.1) is 25.4 Å². The molecule has 1 rings (SSSR count). The van der Waals surface area contributed by atoms with Crippen LogP contribution in [0.3, 0.4) is 0 Å². The zero-order chi connectivity index (χ0) is 44.1. The molecule has 17 N–H and O–H groups in total. The summed E-state index contributed by atoms with van der Waals surface area (Å²) in [6, 6.07) is -10.5. The van der Waals surface area contributed by atoms with E-state index >= 15 is 0 Å². The highest BCUT2D eigenvalue weighted by atomic mass is 16.4. The fraction of sp³-hybridized carbons (Fsp3) is 0.606. The number of guanidine groups is 1. The maximum absolute atomic E-state index is 13.8. The first-order valence-corrected chi connectivity index (χ1v) is 18.0. The standard InChI is InChI=1S/C33H54N12O13/c1-15(2)9-20(28(53)40-16(3)26(51)41-19(32(57)58)6-7-24(47)48)42-29(54)21(10-17-12-37-14-39-17)43-30(55)22(11-25(49)50)44-31(56)23(13-46)45-27(52)18(34)5-4-8-38-33(35)36/h12,14-16,18-23,46H,4-11,13,34H2,1-3H3,(H,37,39)(H,40,53)(H,41,51)(H,42,54)(H,43,55)(H,44,56)(H,45,52)(H,47,48)(H,49,50)(H,57,58)(H4,35,36,38)/t16-,18-,19-,20-,21-,22-,23-/m0/s1. The number of aliphatic hydroxyl groups is 1.